The largest absolute Gasteiger partial charge is 1.00 e. The van der Waals surface area contributed by atoms with Crippen molar-refractivity contribution < 1.29 is 29.6 Å². The smallest absolute Gasteiger partial charge is 0.0602 e. The molecule has 0 spiro atoms. The van der Waals surface area contributed by atoms with Gasteiger partial charge in [0.15, 0.2) is 0 Å². The zero-order chi connectivity index (χ0) is 9.12. The second-order valence-electron chi connectivity index (χ2n) is 5.97. The normalized spacial score (nSPS) is 12.5. The van der Waals surface area contributed by atoms with Gasteiger partial charge in [-0.1, -0.05) is 48.0 Å². The number of hydrogen-bond acceptors (Lipinski definition) is 0. The first-order chi connectivity index (χ1) is 4.71. The molecule has 0 saturated heterocycles. The Bertz CT molecular complexity index is 89.2. The molecule has 0 aliphatic rings. The summed E-state index contributed by atoms with van der Waals surface area (Å²) in [7, 11) is 0. The van der Waals surface area contributed by atoms with Gasteiger partial charge in [0.1, 0.15) is 0 Å². The molecule has 0 N–H and O–H groups in total. The third-order valence-electron chi connectivity index (χ3n) is 1.85. The van der Waals surface area contributed by atoms with Crippen molar-refractivity contribution in [1.29, 1.82) is 0 Å². The molecule has 0 nitrogen and oxygen atoms in total. The summed E-state index contributed by atoms with van der Waals surface area (Å²) in [6.45, 7) is 13.9. The molecular formula is C11H24Na+. The van der Waals surface area contributed by atoms with E-state index in [0.29, 0.717) is 10.8 Å². The van der Waals surface area contributed by atoms with Crippen LogP contribution in [-0.2, 0) is 0 Å². The molecule has 0 aliphatic carbocycles. The third kappa shape index (κ3) is 13.6. The first-order valence-electron chi connectivity index (χ1n) is 4.71. The average molecular weight is 179 g/mol. The molecule has 0 amide bonds. The fraction of sp³-hybridized carbons (Fsp3) is 1.00. The van der Waals surface area contributed by atoms with E-state index in [-0.39, 0.29) is 29.6 Å². The van der Waals surface area contributed by atoms with E-state index in [0.717, 1.165) is 0 Å². The van der Waals surface area contributed by atoms with Crippen molar-refractivity contribution >= 4 is 0 Å². The van der Waals surface area contributed by atoms with Gasteiger partial charge in [0.2, 0.25) is 0 Å². The van der Waals surface area contributed by atoms with Crippen LogP contribution in [0.5, 0.6) is 0 Å². The van der Waals surface area contributed by atoms with Crippen LogP contribution in [0.4, 0.5) is 0 Å². The first kappa shape index (κ1) is 15.5. The molecule has 0 radical (unpaired) electrons. The summed E-state index contributed by atoms with van der Waals surface area (Å²) in [4.78, 5) is 0. The van der Waals surface area contributed by atoms with Crippen LogP contribution in [0.2, 0.25) is 0 Å². The average Bonchev–Trinajstić information content (AvgIpc) is 1.55. The molecule has 0 bridgehead atoms. The van der Waals surface area contributed by atoms with Crippen LogP contribution < -0.4 is 29.6 Å². The van der Waals surface area contributed by atoms with E-state index in [1.807, 2.05) is 0 Å². The van der Waals surface area contributed by atoms with E-state index < -0.39 is 0 Å². The van der Waals surface area contributed by atoms with E-state index in [1.54, 1.807) is 0 Å². The molecule has 0 atom stereocenters. The zero-order valence-electron chi connectivity index (χ0n) is 10.1. The van der Waals surface area contributed by atoms with Crippen LogP contribution in [0.15, 0.2) is 0 Å². The van der Waals surface area contributed by atoms with Crippen molar-refractivity contribution in [3.05, 3.63) is 0 Å². The molecule has 0 fully saturated rings. The molecule has 0 unspecified atom stereocenters. The van der Waals surface area contributed by atoms with E-state index >= 15 is 0 Å². The van der Waals surface area contributed by atoms with Crippen LogP contribution in [-0.4, -0.2) is 0 Å². The van der Waals surface area contributed by atoms with Gasteiger partial charge in [-0.05, 0) is 23.7 Å². The molecular weight excluding hydrogens is 155 g/mol. The molecule has 0 rings (SSSR count). The molecule has 0 heterocycles. The van der Waals surface area contributed by atoms with Crippen LogP contribution >= 0.6 is 0 Å². The van der Waals surface area contributed by atoms with Crippen LogP contribution in [0, 0.1) is 10.8 Å². The quantitative estimate of drug-likeness (QED) is 0.560. The van der Waals surface area contributed by atoms with Gasteiger partial charge in [-0.15, -0.1) is 0 Å². The summed E-state index contributed by atoms with van der Waals surface area (Å²) in [6.07, 6.45) is 4.07. The van der Waals surface area contributed by atoms with Gasteiger partial charge < -0.3 is 0 Å². The molecule has 12 heavy (non-hydrogen) atoms. The van der Waals surface area contributed by atoms with E-state index in [2.05, 4.69) is 41.5 Å². The Labute approximate surface area is 101 Å². The standard InChI is InChI=1S/C11H24.Na/c1-10(2,3)8-7-9-11(4,5)6;/h7-9H2,1-6H3;/q;+1. The molecule has 0 aromatic rings. The summed E-state index contributed by atoms with van der Waals surface area (Å²) in [6, 6.07) is 0. The van der Waals surface area contributed by atoms with E-state index in [1.165, 1.54) is 19.3 Å². The predicted molar refractivity (Wildman–Crippen MR) is 52.8 cm³/mol. The van der Waals surface area contributed by atoms with Crippen LogP contribution in [0.25, 0.3) is 0 Å². The van der Waals surface area contributed by atoms with Crippen molar-refractivity contribution in [2.24, 2.45) is 10.8 Å². The van der Waals surface area contributed by atoms with E-state index in [4.69, 9.17) is 0 Å². The fourth-order valence-corrected chi connectivity index (χ4v) is 1.15. The third-order valence-corrected chi connectivity index (χ3v) is 1.85. The molecule has 68 valence electrons. The fourth-order valence-electron chi connectivity index (χ4n) is 1.15. The minimum absolute atomic E-state index is 0. The summed E-state index contributed by atoms with van der Waals surface area (Å²) in [5.74, 6) is 0. The second-order valence-corrected chi connectivity index (χ2v) is 5.97. The van der Waals surface area contributed by atoms with Gasteiger partial charge in [-0.3, -0.25) is 0 Å². The second kappa shape index (κ2) is 5.67. The Morgan fingerprint density at radius 2 is 0.917 bits per heavy atom. The minimum Gasteiger partial charge on any atom is -0.0602 e. The Hall–Kier alpha value is 1.00. The molecule has 0 aromatic heterocycles. The van der Waals surface area contributed by atoms with Crippen molar-refractivity contribution in [2.45, 2.75) is 60.8 Å². The molecule has 1 heteroatoms. The van der Waals surface area contributed by atoms with Crippen molar-refractivity contribution in [3.63, 3.8) is 0 Å². The molecule has 0 aliphatic heterocycles. The summed E-state index contributed by atoms with van der Waals surface area (Å²) >= 11 is 0. The molecule has 0 saturated carbocycles. The van der Waals surface area contributed by atoms with Gasteiger partial charge in [-0.25, -0.2) is 0 Å². The maximum Gasteiger partial charge on any atom is 1.00 e. The monoisotopic (exact) mass is 179 g/mol. The Morgan fingerprint density at radius 1 is 0.667 bits per heavy atom. The van der Waals surface area contributed by atoms with Gasteiger partial charge in [0.05, 0.1) is 0 Å². The Kier molecular flexibility index (Phi) is 7.31. The van der Waals surface area contributed by atoms with Gasteiger partial charge >= 0.3 is 29.6 Å². The van der Waals surface area contributed by atoms with E-state index in [9.17, 15) is 0 Å². The predicted octanol–water partition coefficient (Wildman–Crippen LogP) is 1.25. The topological polar surface area (TPSA) is 0 Å². The number of hydrogen-bond donors (Lipinski definition) is 0. The van der Waals surface area contributed by atoms with Crippen molar-refractivity contribution in [1.82, 2.24) is 0 Å². The SMILES string of the molecule is CC(C)(C)CCCC(C)(C)C.[Na+]. The first-order valence-corrected chi connectivity index (χ1v) is 4.71. The maximum atomic E-state index is 2.32. The Morgan fingerprint density at radius 3 is 1.08 bits per heavy atom. The van der Waals surface area contributed by atoms with Crippen LogP contribution in [0.3, 0.4) is 0 Å². The summed E-state index contributed by atoms with van der Waals surface area (Å²) in [5, 5.41) is 0. The minimum atomic E-state index is 0. The summed E-state index contributed by atoms with van der Waals surface area (Å²) < 4.78 is 0. The maximum absolute atomic E-state index is 2.32. The summed E-state index contributed by atoms with van der Waals surface area (Å²) in [5.41, 5.74) is 1.04. The van der Waals surface area contributed by atoms with Crippen LogP contribution in [0.1, 0.15) is 60.8 Å². The van der Waals surface area contributed by atoms with Gasteiger partial charge in [0, 0.05) is 0 Å². The molecule has 0 aromatic carbocycles. The van der Waals surface area contributed by atoms with Gasteiger partial charge in [0.25, 0.3) is 0 Å². The van der Waals surface area contributed by atoms with Gasteiger partial charge in [-0.2, -0.15) is 0 Å². The number of rotatable bonds is 2. The van der Waals surface area contributed by atoms with Crippen molar-refractivity contribution in [3.8, 4) is 0 Å². The zero-order valence-corrected chi connectivity index (χ0v) is 12.1. The Balaban J connectivity index is 0. The van der Waals surface area contributed by atoms with Crippen molar-refractivity contribution in [2.75, 3.05) is 0 Å².